The summed E-state index contributed by atoms with van der Waals surface area (Å²) in [5.74, 6) is 1.22. The van der Waals surface area contributed by atoms with Gasteiger partial charge in [-0.15, -0.1) is 0 Å². The largest absolute Gasteiger partial charge is 0.379 e. The normalized spacial score (nSPS) is 14.9. The van der Waals surface area contributed by atoms with Gasteiger partial charge < -0.3 is 10.1 Å². The van der Waals surface area contributed by atoms with Gasteiger partial charge in [0, 0.05) is 25.0 Å². The second-order valence-corrected chi connectivity index (χ2v) is 8.27. The molecule has 5 nitrogen and oxygen atoms in total. The van der Waals surface area contributed by atoms with Crippen molar-refractivity contribution in [2.45, 2.75) is 6.42 Å². The molecule has 0 unspecified atom stereocenters. The van der Waals surface area contributed by atoms with Crippen LogP contribution in [0.15, 0.2) is 60.7 Å². The number of benzene rings is 3. The van der Waals surface area contributed by atoms with Crippen LogP contribution in [0.4, 0.5) is 10.2 Å². The van der Waals surface area contributed by atoms with Crippen molar-refractivity contribution in [2.75, 3.05) is 44.7 Å². The zero-order chi connectivity index (χ0) is 22.5. The van der Waals surface area contributed by atoms with Gasteiger partial charge in [-0.2, -0.15) is 0 Å². The number of nitrogens with zero attached hydrogens (tertiary/aromatic N) is 3. The molecule has 1 N–H and O–H groups in total. The minimum Gasteiger partial charge on any atom is -0.379 e. The highest BCUT2D eigenvalue weighted by Gasteiger charge is 2.11. The Kier molecular flexibility index (Phi) is 6.56. The molecule has 0 saturated carbocycles. The number of hydrogen-bond acceptors (Lipinski definition) is 5. The van der Waals surface area contributed by atoms with Crippen molar-refractivity contribution in [3.8, 4) is 0 Å². The summed E-state index contributed by atoms with van der Waals surface area (Å²) in [4.78, 5) is 12.0. The Bertz CT molecular complexity index is 1270. The van der Waals surface area contributed by atoms with Crippen LogP contribution < -0.4 is 5.32 Å². The van der Waals surface area contributed by atoms with Crippen LogP contribution in [0, 0.1) is 5.82 Å². The van der Waals surface area contributed by atoms with Crippen LogP contribution in [0.2, 0.25) is 0 Å². The Labute approximate surface area is 192 Å². The van der Waals surface area contributed by atoms with Gasteiger partial charge >= 0.3 is 0 Å². The maximum atomic E-state index is 13.2. The minimum atomic E-state index is -0.246. The first-order valence-corrected chi connectivity index (χ1v) is 11.4. The molecule has 1 saturated heterocycles. The highest BCUT2D eigenvalue weighted by Crippen LogP contribution is 2.27. The molecule has 1 aliphatic heterocycles. The second kappa shape index (κ2) is 10.1. The summed E-state index contributed by atoms with van der Waals surface area (Å²) < 4.78 is 18.6. The number of rotatable bonds is 7. The molecule has 5 rings (SSSR count). The number of hydrogen-bond donors (Lipinski definition) is 1. The van der Waals surface area contributed by atoms with E-state index in [0.717, 1.165) is 73.5 Å². The number of nitrogens with one attached hydrogen (secondary N) is 1. The lowest BCUT2D eigenvalue weighted by atomic mass is 10.1. The van der Waals surface area contributed by atoms with Gasteiger partial charge in [0.05, 0.1) is 18.7 Å². The summed E-state index contributed by atoms with van der Waals surface area (Å²) in [7, 11) is 0. The second-order valence-electron chi connectivity index (χ2n) is 8.27. The van der Waals surface area contributed by atoms with E-state index in [4.69, 9.17) is 14.7 Å². The van der Waals surface area contributed by atoms with Crippen LogP contribution in [-0.2, 0) is 4.74 Å². The quantitative estimate of drug-likeness (QED) is 0.314. The molecule has 0 bridgehead atoms. The lowest BCUT2D eigenvalue weighted by Crippen LogP contribution is -2.37. The fourth-order valence-electron chi connectivity index (χ4n) is 4.12. The third-order valence-electron chi connectivity index (χ3n) is 5.92. The first kappa shape index (κ1) is 21.5. The Hall–Kier alpha value is -3.35. The summed E-state index contributed by atoms with van der Waals surface area (Å²) in [6.45, 7) is 5.51. The number of fused-ring (bicyclic) bond motifs is 2. The van der Waals surface area contributed by atoms with Crippen LogP contribution in [0.5, 0.6) is 0 Å². The summed E-state index contributed by atoms with van der Waals surface area (Å²) in [5.41, 5.74) is 1.80. The molecule has 1 aromatic heterocycles. The van der Waals surface area contributed by atoms with Crippen LogP contribution in [0.1, 0.15) is 17.8 Å². The van der Waals surface area contributed by atoms with Gasteiger partial charge in [-0.1, -0.05) is 42.5 Å². The zero-order valence-electron chi connectivity index (χ0n) is 18.5. The van der Waals surface area contributed by atoms with E-state index in [2.05, 4.69) is 34.5 Å². The molecule has 3 aromatic carbocycles. The van der Waals surface area contributed by atoms with Gasteiger partial charge in [0.2, 0.25) is 0 Å². The lowest BCUT2D eigenvalue weighted by molar-refractivity contribution is 0.0378. The van der Waals surface area contributed by atoms with Crippen molar-refractivity contribution in [1.82, 2.24) is 14.9 Å². The van der Waals surface area contributed by atoms with Gasteiger partial charge in [-0.05, 0) is 59.6 Å². The molecule has 33 heavy (non-hydrogen) atoms. The average molecular weight is 443 g/mol. The van der Waals surface area contributed by atoms with Gasteiger partial charge in [-0.25, -0.2) is 14.4 Å². The van der Waals surface area contributed by atoms with Crippen molar-refractivity contribution in [1.29, 1.82) is 0 Å². The highest BCUT2D eigenvalue weighted by molar-refractivity contribution is 6.01. The first-order valence-electron chi connectivity index (χ1n) is 11.4. The van der Waals surface area contributed by atoms with E-state index >= 15 is 0 Å². The smallest absolute Gasteiger partial charge is 0.154 e. The predicted octanol–water partition coefficient (Wildman–Crippen LogP) is 5.23. The molecule has 168 valence electrons. The number of halogens is 1. The summed E-state index contributed by atoms with van der Waals surface area (Å²) >= 11 is 0. The van der Waals surface area contributed by atoms with Gasteiger partial charge in [0.1, 0.15) is 11.6 Å². The number of anilines is 1. The Morgan fingerprint density at radius 3 is 2.48 bits per heavy atom. The van der Waals surface area contributed by atoms with Crippen molar-refractivity contribution in [2.24, 2.45) is 0 Å². The van der Waals surface area contributed by atoms with Gasteiger partial charge in [-0.3, -0.25) is 4.90 Å². The highest BCUT2D eigenvalue weighted by atomic mass is 19.1. The molecular formula is C27H27FN4O. The first-order chi connectivity index (χ1) is 16.2. The number of aromatic nitrogens is 2. The van der Waals surface area contributed by atoms with Crippen molar-refractivity contribution < 1.29 is 9.13 Å². The number of ether oxygens (including phenoxy) is 1. The lowest BCUT2D eigenvalue weighted by Gasteiger charge is -2.26. The number of morpholine rings is 1. The average Bonchev–Trinajstić information content (AvgIpc) is 2.85. The van der Waals surface area contributed by atoms with Crippen LogP contribution in [0.3, 0.4) is 0 Å². The molecule has 1 fully saturated rings. The van der Waals surface area contributed by atoms with E-state index in [-0.39, 0.29) is 5.82 Å². The van der Waals surface area contributed by atoms with E-state index in [0.29, 0.717) is 5.82 Å². The Morgan fingerprint density at radius 2 is 1.70 bits per heavy atom. The van der Waals surface area contributed by atoms with E-state index in [9.17, 15) is 4.39 Å². The van der Waals surface area contributed by atoms with Crippen LogP contribution in [-0.4, -0.2) is 54.3 Å². The molecule has 4 aromatic rings. The predicted molar refractivity (Wildman–Crippen MR) is 133 cm³/mol. The molecule has 0 spiro atoms. The van der Waals surface area contributed by atoms with Gasteiger partial charge in [0.15, 0.2) is 5.82 Å². The Morgan fingerprint density at radius 1 is 0.939 bits per heavy atom. The maximum absolute atomic E-state index is 13.2. The standard InChI is InChI=1S/C27H27FN4O/c28-23-9-6-20(7-10-23)8-11-26-30-25-19-22-5-2-1-4-21(22)18-24(25)27(31-26)29-12-3-13-32-14-16-33-17-15-32/h1-2,4-11,18-19H,3,12-17H2,(H,29,30,31). The fourth-order valence-corrected chi connectivity index (χ4v) is 4.12. The van der Waals surface area contributed by atoms with Crippen molar-refractivity contribution in [3.63, 3.8) is 0 Å². The molecule has 0 amide bonds. The summed E-state index contributed by atoms with van der Waals surface area (Å²) in [6, 6.07) is 18.9. The van der Waals surface area contributed by atoms with E-state index in [1.54, 1.807) is 12.1 Å². The molecule has 0 radical (unpaired) electrons. The molecule has 0 aliphatic carbocycles. The topological polar surface area (TPSA) is 50.3 Å². The fraction of sp³-hybridized carbons (Fsp3) is 0.259. The van der Waals surface area contributed by atoms with E-state index in [1.807, 2.05) is 24.3 Å². The minimum absolute atomic E-state index is 0.246. The van der Waals surface area contributed by atoms with Crippen LogP contribution >= 0.6 is 0 Å². The van der Waals surface area contributed by atoms with E-state index < -0.39 is 0 Å². The van der Waals surface area contributed by atoms with E-state index in [1.165, 1.54) is 17.5 Å². The molecule has 6 heteroatoms. The van der Waals surface area contributed by atoms with Crippen LogP contribution in [0.25, 0.3) is 33.8 Å². The summed E-state index contributed by atoms with van der Waals surface area (Å²) in [6.07, 6.45) is 4.81. The third-order valence-corrected chi connectivity index (χ3v) is 5.92. The summed E-state index contributed by atoms with van der Waals surface area (Å²) in [5, 5.41) is 6.87. The van der Waals surface area contributed by atoms with Crippen molar-refractivity contribution in [3.05, 3.63) is 77.9 Å². The Balaban J connectivity index is 1.41. The third kappa shape index (κ3) is 5.35. The molecule has 0 atom stereocenters. The monoisotopic (exact) mass is 442 g/mol. The maximum Gasteiger partial charge on any atom is 0.154 e. The molecular weight excluding hydrogens is 415 g/mol. The van der Waals surface area contributed by atoms with Gasteiger partial charge in [0.25, 0.3) is 0 Å². The zero-order valence-corrected chi connectivity index (χ0v) is 18.5. The SMILES string of the molecule is Fc1ccc(C=Cc2nc(NCCCN3CCOCC3)c3cc4ccccc4cc3n2)cc1. The molecule has 2 heterocycles. The molecule has 1 aliphatic rings. The van der Waals surface area contributed by atoms with Crippen molar-refractivity contribution >= 4 is 39.6 Å².